The third kappa shape index (κ3) is 5.08. The lowest BCUT2D eigenvalue weighted by atomic mass is 10.1. The van der Waals surface area contributed by atoms with Gasteiger partial charge >= 0.3 is 5.97 Å². The van der Waals surface area contributed by atoms with Crippen LogP contribution in [-0.4, -0.2) is 45.4 Å². The van der Waals surface area contributed by atoms with Crippen LogP contribution >= 0.6 is 11.6 Å². The van der Waals surface area contributed by atoms with E-state index in [1.807, 2.05) is 0 Å². The molecule has 0 aliphatic heterocycles. The van der Waals surface area contributed by atoms with Crippen molar-refractivity contribution in [1.82, 2.24) is 15.5 Å². The fourth-order valence-electron chi connectivity index (χ4n) is 2.41. The van der Waals surface area contributed by atoms with E-state index in [1.54, 1.807) is 38.1 Å². The van der Waals surface area contributed by atoms with Crippen LogP contribution in [0.15, 0.2) is 30.3 Å². The minimum absolute atomic E-state index is 0.0260. The maximum atomic E-state index is 12.4. The number of aromatic amines is 1. The van der Waals surface area contributed by atoms with Crippen LogP contribution in [0.1, 0.15) is 47.5 Å². The van der Waals surface area contributed by atoms with Gasteiger partial charge in [0.25, 0.3) is 11.8 Å². The number of anilines is 1. The maximum absolute atomic E-state index is 12.4. The zero-order valence-corrected chi connectivity index (χ0v) is 16.2. The van der Waals surface area contributed by atoms with Gasteiger partial charge < -0.3 is 20.5 Å². The first-order chi connectivity index (χ1) is 13.3. The van der Waals surface area contributed by atoms with Crippen molar-refractivity contribution in [2.24, 2.45) is 0 Å². The van der Waals surface area contributed by atoms with Gasteiger partial charge in [0.2, 0.25) is 5.72 Å². The van der Waals surface area contributed by atoms with Gasteiger partial charge in [0, 0.05) is 12.5 Å². The molecule has 0 aliphatic carbocycles. The standard InChI is InChI=1S/C18H21ClN4O5/c1-3-9-18(27,17(26)28-4-2)21-16(25)13-10-14(23-22-13)20-15(24)11-7-5-6-8-12(11)19/h5-8,10,27H,3-4,9H2,1-2H3,(H,21,25)(H2,20,22,23,24). The Kier molecular flexibility index (Phi) is 7.13. The second kappa shape index (κ2) is 9.34. The number of carbonyl (C=O) groups excluding carboxylic acids is 3. The van der Waals surface area contributed by atoms with Gasteiger partial charge in [-0.3, -0.25) is 14.7 Å². The Morgan fingerprint density at radius 1 is 1.25 bits per heavy atom. The number of benzene rings is 1. The highest BCUT2D eigenvalue weighted by Crippen LogP contribution is 2.17. The quantitative estimate of drug-likeness (QED) is 0.390. The van der Waals surface area contributed by atoms with Crippen molar-refractivity contribution < 1.29 is 24.2 Å². The lowest BCUT2D eigenvalue weighted by molar-refractivity contribution is -0.168. The molecular formula is C18H21ClN4O5. The molecule has 2 rings (SSSR count). The zero-order valence-electron chi connectivity index (χ0n) is 15.4. The van der Waals surface area contributed by atoms with E-state index in [0.717, 1.165) is 0 Å². The number of nitrogens with one attached hydrogen (secondary N) is 3. The fourth-order valence-corrected chi connectivity index (χ4v) is 2.64. The van der Waals surface area contributed by atoms with E-state index in [1.165, 1.54) is 6.07 Å². The largest absolute Gasteiger partial charge is 0.462 e. The molecule has 0 saturated carbocycles. The Hall–Kier alpha value is -2.91. The van der Waals surface area contributed by atoms with Crippen LogP contribution in [0.3, 0.4) is 0 Å². The lowest BCUT2D eigenvalue weighted by Gasteiger charge is -2.26. The Balaban J connectivity index is 2.09. The van der Waals surface area contributed by atoms with Gasteiger partial charge in [-0.15, -0.1) is 0 Å². The van der Waals surface area contributed by atoms with Crippen LogP contribution < -0.4 is 10.6 Å². The molecule has 0 aliphatic rings. The summed E-state index contributed by atoms with van der Waals surface area (Å²) in [5, 5.41) is 21.7. The summed E-state index contributed by atoms with van der Waals surface area (Å²) in [5.74, 6) is -2.16. The number of rotatable bonds is 8. The van der Waals surface area contributed by atoms with Gasteiger partial charge in [0.15, 0.2) is 5.82 Å². The molecule has 2 aromatic rings. The first-order valence-corrected chi connectivity index (χ1v) is 9.02. The summed E-state index contributed by atoms with van der Waals surface area (Å²) >= 11 is 5.97. The molecule has 0 saturated heterocycles. The topological polar surface area (TPSA) is 133 Å². The molecule has 0 radical (unpaired) electrons. The number of carbonyl (C=O) groups is 3. The minimum Gasteiger partial charge on any atom is -0.462 e. The monoisotopic (exact) mass is 408 g/mol. The van der Waals surface area contributed by atoms with E-state index in [9.17, 15) is 19.5 Å². The highest BCUT2D eigenvalue weighted by Gasteiger charge is 2.39. The molecule has 2 amide bonds. The number of nitrogens with zero attached hydrogens (tertiary/aromatic N) is 1. The summed E-state index contributed by atoms with van der Waals surface area (Å²) in [6, 6.07) is 7.73. The van der Waals surface area contributed by atoms with Crippen LogP contribution in [0.5, 0.6) is 0 Å². The van der Waals surface area contributed by atoms with Gasteiger partial charge in [0.1, 0.15) is 5.69 Å². The predicted octanol–water partition coefficient (Wildman–Crippen LogP) is 2.10. The molecule has 1 heterocycles. The molecule has 0 fully saturated rings. The Morgan fingerprint density at radius 2 is 1.96 bits per heavy atom. The molecule has 0 bridgehead atoms. The van der Waals surface area contributed by atoms with Crippen LogP contribution in [0.25, 0.3) is 0 Å². The molecule has 4 N–H and O–H groups in total. The smallest absolute Gasteiger partial charge is 0.359 e. The van der Waals surface area contributed by atoms with Crippen molar-refractivity contribution >= 4 is 35.2 Å². The van der Waals surface area contributed by atoms with Gasteiger partial charge in [0.05, 0.1) is 17.2 Å². The minimum atomic E-state index is -2.16. The average molecular weight is 409 g/mol. The molecule has 150 valence electrons. The van der Waals surface area contributed by atoms with E-state index in [-0.39, 0.29) is 35.1 Å². The first-order valence-electron chi connectivity index (χ1n) is 8.64. The van der Waals surface area contributed by atoms with Crippen molar-refractivity contribution in [2.75, 3.05) is 11.9 Å². The van der Waals surface area contributed by atoms with Crippen LogP contribution in [-0.2, 0) is 9.53 Å². The number of esters is 1. The van der Waals surface area contributed by atoms with E-state index in [0.29, 0.717) is 6.42 Å². The Labute approximate surface area is 166 Å². The molecule has 1 aromatic heterocycles. The van der Waals surface area contributed by atoms with E-state index >= 15 is 0 Å². The summed E-state index contributed by atoms with van der Waals surface area (Å²) in [6.45, 7) is 3.40. The highest BCUT2D eigenvalue weighted by molar-refractivity contribution is 6.34. The van der Waals surface area contributed by atoms with Crippen LogP contribution in [0, 0.1) is 0 Å². The summed E-state index contributed by atoms with van der Waals surface area (Å²) < 4.78 is 4.82. The maximum Gasteiger partial charge on any atom is 0.359 e. The molecule has 1 unspecified atom stereocenters. The molecule has 1 aromatic carbocycles. The zero-order chi connectivity index (χ0) is 20.7. The molecule has 1 atom stereocenters. The number of hydrogen-bond donors (Lipinski definition) is 4. The van der Waals surface area contributed by atoms with E-state index < -0.39 is 23.5 Å². The summed E-state index contributed by atoms with van der Waals surface area (Å²) in [4.78, 5) is 36.6. The Bertz CT molecular complexity index is 869. The lowest BCUT2D eigenvalue weighted by Crippen LogP contribution is -2.55. The predicted molar refractivity (Wildman–Crippen MR) is 102 cm³/mol. The summed E-state index contributed by atoms with van der Waals surface area (Å²) in [6.07, 6.45) is 0.402. The number of aliphatic hydroxyl groups is 1. The summed E-state index contributed by atoms with van der Waals surface area (Å²) in [7, 11) is 0. The number of ether oxygens (including phenoxy) is 1. The normalized spacial score (nSPS) is 12.7. The SMILES string of the molecule is CCCC(O)(NC(=O)c1cc(NC(=O)c2ccccc2Cl)n[nH]1)C(=O)OCC. The molecule has 28 heavy (non-hydrogen) atoms. The first kappa shape index (κ1) is 21.4. The number of aromatic nitrogens is 2. The van der Waals surface area contributed by atoms with Crippen molar-refractivity contribution in [3.05, 3.63) is 46.6 Å². The highest BCUT2D eigenvalue weighted by atomic mass is 35.5. The Morgan fingerprint density at radius 3 is 2.61 bits per heavy atom. The second-order valence-electron chi connectivity index (χ2n) is 5.89. The van der Waals surface area contributed by atoms with Gasteiger partial charge in [-0.25, -0.2) is 4.79 Å². The van der Waals surface area contributed by atoms with E-state index in [4.69, 9.17) is 16.3 Å². The number of halogens is 1. The summed E-state index contributed by atoms with van der Waals surface area (Å²) in [5.41, 5.74) is -1.97. The van der Waals surface area contributed by atoms with Crippen molar-refractivity contribution in [3.8, 4) is 0 Å². The van der Waals surface area contributed by atoms with Crippen molar-refractivity contribution in [1.29, 1.82) is 0 Å². The number of amides is 2. The fraction of sp³-hybridized carbons (Fsp3) is 0.333. The van der Waals surface area contributed by atoms with Crippen LogP contribution in [0.2, 0.25) is 5.02 Å². The molecule has 9 nitrogen and oxygen atoms in total. The van der Waals surface area contributed by atoms with Gasteiger partial charge in [-0.1, -0.05) is 37.1 Å². The molecule has 10 heteroatoms. The third-order valence-electron chi connectivity index (χ3n) is 3.73. The van der Waals surface area contributed by atoms with Crippen molar-refractivity contribution in [2.45, 2.75) is 32.4 Å². The van der Waals surface area contributed by atoms with Gasteiger partial charge in [-0.05, 0) is 19.1 Å². The van der Waals surface area contributed by atoms with Gasteiger partial charge in [-0.2, -0.15) is 5.10 Å². The molecular weight excluding hydrogens is 388 g/mol. The third-order valence-corrected chi connectivity index (χ3v) is 4.06. The molecule has 0 spiro atoms. The van der Waals surface area contributed by atoms with Crippen molar-refractivity contribution in [3.63, 3.8) is 0 Å². The number of H-pyrrole nitrogens is 1. The number of hydrogen-bond acceptors (Lipinski definition) is 6. The second-order valence-corrected chi connectivity index (χ2v) is 6.29. The van der Waals surface area contributed by atoms with Crippen LogP contribution in [0.4, 0.5) is 5.82 Å². The average Bonchev–Trinajstić information content (AvgIpc) is 3.11. The van der Waals surface area contributed by atoms with E-state index in [2.05, 4.69) is 20.8 Å².